The van der Waals surface area contributed by atoms with E-state index in [1.165, 1.54) is 12.1 Å². The molecule has 0 aromatic heterocycles. The fourth-order valence-corrected chi connectivity index (χ4v) is 0.598. The first kappa shape index (κ1) is 6.01. The fraction of sp³-hybridized carbons (Fsp3) is 0. The molecule has 0 amide bonds. The summed E-state index contributed by atoms with van der Waals surface area (Å²) in [5.74, 6) is 0.125. The monoisotopic (exact) mass is 120 g/mol. The first-order chi connectivity index (χ1) is 4.33. The standard InChI is InChI=1S/C6H5BO2/c8-6-3-1-2-5(4-6)7-9/h1-4,8H. The van der Waals surface area contributed by atoms with E-state index in [-0.39, 0.29) is 5.75 Å². The Morgan fingerprint density at radius 3 is 2.67 bits per heavy atom. The van der Waals surface area contributed by atoms with Crippen LogP contribution < -0.4 is 5.46 Å². The van der Waals surface area contributed by atoms with Gasteiger partial charge < -0.3 is 0 Å². The van der Waals surface area contributed by atoms with Gasteiger partial charge in [-0.05, 0) is 0 Å². The van der Waals surface area contributed by atoms with E-state index in [0.29, 0.717) is 12.6 Å². The molecule has 0 atom stereocenters. The second-order valence-electron chi connectivity index (χ2n) is 1.71. The number of benzene rings is 1. The van der Waals surface area contributed by atoms with Gasteiger partial charge in [0, 0.05) is 0 Å². The number of hydrogen-bond acceptors (Lipinski definition) is 2. The van der Waals surface area contributed by atoms with Gasteiger partial charge in [0.2, 0.25) is 0 Å². The number of phenols is 1. The average Bonchev–Trinajstić information content (AvgIpc) is 1.88. The third kappa shape index (κ3) is 1.39. The molecule has 0 unspecified atom stereocenters. The Labute approximate surface area is 53.4 Å². The molecule has 1 aromatic carbocycles. The van der Waals surface area contributed by atoms with E-state index in [2.05, 4.69) is 0 Å². The summed E-state index contributed by atoms with van der Waals surface area (Å²) in [5.41, 5.74) is 0.495. The predicted octanol–water partition coefficient (Wildman–Crippen LogP) is 0.0672. The van der Waals surface area contributed by atoms with Gasteiger partial charge in [0.15, 0.2) is 0 Å². The van der Waals surface area contributed by atoms with E-state index in [0.717, 1.165) is 0 Å². The van der Waals surface area contributed by atoms with Gasteiger partial charge in [-0.1, -0.05) is 0 Å². The average molecular weight is 120 g/mol. The van der Waals surface area contributed by atoms with E-state index in [1.807, 2.05) is 0 Å². The molecule has 0 saturated carbocycles. The van der Waals surface area contributed by atoms with E-state index in [1.54, 1.807) is 12.1 Å². The molecule has 0 radical (unpaired) electrons. The number of aromatic hydroxyl groups is 1. The molecule has 0 aliphatic carbocycles. The molecule has 3 heteroatoms. The Hall–Kier alpha value is -1.12. The Morgan fingerprint density at radius 2 is 2.22 bits per heavy atom. The number of phenolic OH excluding ortho intramolecular Hbond substituents is 1. The molecule has 1 aromatic rings. The maximum absolute atomic E-state index is 10.0. The number of rotatable bonds is 1. The summed E-state index contributed by atoms with van der Waals surface area (Å²) >= 11 is 0. The first-order valence-electron chi connectivity index (χ1n) is 2.57. The Kier molecular flexibility index (Phi) is 1.63. The number of hydrogen-bond donors (Lipinski definition) is 1. The Bertz CT molecular complexity index is 222. The van der Waals surface area contributed by atoms with Crippen molar-refractivity contribution >= 4 is 12.6 Å². The van der Waals surface area contributed by atoms with Gasteiger partial charge in [-0.3, -0.25) is 0 Å². The van der Waals surface area contributed by atoms with Crippen LogP contribution in [0.1, 0.15) is 0 Å². The van der Waals surface area contributed by atoms with E-state index in [9.17, 15) is 4.70 Å². The summed E-state index contributed by atoms with van der Waals surface area (Å²) < 4.78 is 10.0. The van der Waals surface area contributed by atoms with Crippen LogP contribution in [0, 0.1) is 0 Å². The van der Waals surface area contributed by atoms with Crippen molar-refractivity contribution in [2.24, 2.45) is 0 Å². The van der Waals surface area contributed by atoms with E-state index < -0.39 is 0 Å². The van der Waals surface area contributed by atoms with Crippen LogP contribution in [0.4, 0.5) is 0 Å². The molecule has 0 spiro atoms. The molecule has 1 rings (SSSR count). The molecule has 1 N–H and O–H groups in total. The quantitative estimate of drug-likeness (QED) is 0.532. The minimum atomic E-state index is 0.125. The second-order valence-corrected chi connectivity index (χ2v) is 1.71. The van der Waals surface area contributed by atoms with Crippen LogP contribution in [-0.4, -0.2) is 12.3 Å². The van der Waals surface area contributed by atoms with Crippen molar-refractivity contribution in [3.63, 3.8) is 0 Å². The zero-order chi connectivity index (χ0) is 6.69. The summed E-state index contributed by atoms with van der Waals surface area (Å²) in [6.45, 7) is 0. The molecule has 0 heterocycles. The van der Waals surface area contributed by atoms with Gasteiger partial charge in [-0.2, -0.15) is 0 Å². The maximum atomic E-state index is 10.0. The normalized spacial score (nSPS) is 8.44. The zero-order valence-corrected chi connectivity index (χ0v) is 4.74. The topological polar surface area (TPSA) is 37.3 Å². The summed E-state index contributed by atoms with van der Waals surface area (Å²) in [5, 5.41) is 8.79. The van der Waals surface area contributed by atoms with Gasteiger partial charge in [0.25, 0.3) is 0 Å². The molecular weight excluding hydrogens is 115 g/mol. The predicted molar refractivity (Wildman–Crippen MR) is 34.2 cm³/mol. The van der Waals surface area contributed by atoms with Crippen molar-refractivity contribution in [2.75, 3.05) is 0 Å². The molecule has 0 fully saturated rings. The van der Waals surface area contributed by atoms with Crippen LogP contribution in [0.15, 0.2) is 24.3 Å². The summed E-state index contributed by atoms with van der Waals surface area (Å²) in [6.07, 6.45) is 0. The Morgan fingerprint density at radius 1 is 1.44 bits per heavy atom. The van der Waals surface area contributed by atoms with Gasteiger partial charge >= 0.3 is 52.4 Å². The fourth-order valence-electron chi connectivity index (χ4n) is 0.598. The van der Waals surface area contributed by atoms with Crippen molar-refractivity contribution < 1.29 is 9.81 Å². The van der Waals surface area contributed by atoms with E-state index in [4.69, 9.17) is 5.11 Å². The van der Waals surface area contributed by atoms with Crippen LogP contribution in [0.2, 0.25) is 0 Å². The minimum absolute atomic E-state index is 0.125. The molecule has 0 saturated heterocycles. The molecule has 2 nitrogen and oxygen atoms in total. The van der Waals surface area contributed by atoms with Gasteiger partial charge in [0.05, 0.1) is 0 Å². The van der Waals surface area contributed by atoms with Crippen LogP contribution in [-0.2, 0) is 4.70 Å². The van der Waals surface area contributed by atoms with Crippen molar-refractivity contribution in [1.29, 1.82) is 0 Å². The van der Waals surface area contributed by atoms with Gasteiger partial charge in [-0.15, -0.1) is 0 Å². The van der Waals surface area contributed by atoms with Crippen molar-refractivity contribution in [3.8, 4) is 5.75 Å². The first-order valence-corrected chi connectivity index (χ1v) is 2.57. The van der Waals surface area contributed by atoms with Crippen LogP contribution >= 0.6 is 0 Å². The third-order valence-electron chi connectivity index (χ3n) is 1.01. The Balaban J connectivity index is 3.07. The molecular formula is C6H5BO2. The molecule has 0 aliphatic heterocycles. The second kappa shape index (κ2) is 2.44. The molecule has 44 valence electrons. The molecule has 9 heavy (non-hydrogen) atoms. The molecule has 0 bridgehead atoms. The summed E-state index contributed by atoms with van der Waals surface area (Å²) in [6, 6.07) is 6.19. The third-order valence-corrected chi connectivity index (χ3v) is 1.01. The van der Waals surface area contributed by atoms with Crippen LogP contribution in [0.5, 0.6) is 5.75 Å². The SMILES string of the molecule is O=Bc1cccc(O)c1. The summed E-state index contributed by atoms with van der Waals surface area (Å²) in [7, 11) is 0.694. The van der Waals surface area contributed by atoms with Gasteiger partial charge in [0.1, 0.15) is 0 Å². The van der Waals surface area contributed by atoms with Gasteiger partial charge in [-0.25, -0.2) is 0 Å². The van der Waals surface area contributed by atoms with Crippen molar-refractivity contribution in [1.82, 2.24) is 0 Å². The van der Waals surface area contributed by atoms with Crippen molar-refractivity contribution in [2.45, 2.75) is 0 Å². The van der Waals surface area contributed by atoms with E-state index >= 15 is 0 Å². The van der Waals surface area contributed by atoms with Crippen LogP contribution in [0.25, 0.3) is 0 Å². The van der Waals surface area contributed by atoms with Crippen LogP contribution in [0.3, 0.4) is 0 Å². The summed E-state index contributed by atoms with van der Waals surface area (Å²) in [4.78, 5) is 0. The zero-order valence-electron chi connectivity index (χ0n) is 4.74. The van der Waals surface area contributed by atoms with Crippen molar-refractivity contribution in [3.05, 3.63) is 24.3 Å². The molecule has 0 aliphatic rings.